The molecular weight excluding hydrogens is 152 g/mol. The molecular formula is C9H16N2O. The summed E-state index contributed by atoms with van der Waals surface area (Å²) in [6.07, 6.45) is 4.99. The van der Waals surface area contributed by atoms with E-state index < -0.39 is 0 Å². The predicted molar refractivity (Wildman–Crippen MR) is 47.9 cm³/mol. The van der Waals surface area contributed by atoms with Gasteiger partial charge in [0.05, 0.1) is 6.20 Å². The Balaban J connectivity index is 2.61. The van der Waals surface area contributed by atoms with E-state index in [4.69, 9.17) is 4.74 Å². The summed E-state index contributed by atoms with van der Waals surface area (Å²) in [6.45, 7) is 6.83. The van der Waals surface area contributed by atoms with Gasteiger partial charge >= 0.3 is 0 Å². The van der Waals surface area contributed by atoms with Crippen molar-refractivity contribution < 1.29 is 4.74 Å². The van der Waals surface area contributed by atoms with Gasteiger partial charge in [-0.25, -0.2) is 4.68 Å². The van der Waals surface area contributed by atoms with E-state index >= 15 is 0 Å². The first-order valence-electron chi connectivity index (χ1n) is 4.42. The maximum absolute atomic E-state index is 5.39. The van der Waals surface area contributed by atoms with E-state index in [9.17, 15) is 0 Å². The molecule has 0 radical (unpaired) electrons. The fourth-order valence-corrected chi connectivity index (χ4v) is 1.08. The minimum atomic E-state index is 0.0512. The summed E-state index contributed by atoms with van der Waals surface area (Å²) >= 11 is 0. The molecule has 0 saturated carbocycles. The molecule has 0 spiro atoms. The first-order chi connectivity index (χ1) is 5.77. The number of ether oxygens (including phenoxy) is 1. The van der Waals surface area contributed by atoms with Crippen molar-refractivity contribution >= 4 is 0 Å². The van der Waals surface area contributed by atoms with Crippen molar-refractivity contribution in [2.24, 2.45) is 0 Å². The molecule has 1 aromatic rings. The number of aromatic nitrogens is 2. The Bertz CT molecular complexity index is 232. The highest BCUT2D eigenvalue weighted by Gasteiger charge is 2.03. The maximum atomic E-state index is 5.39. The van der Waals surface area contributed by atoms with Gasteiger partial charge in [0.1, 0.15) is 6.23 Å². The van der Waals surface area contributed by atoms with Gasteiger partial charge in [0.15, 0.2) is 0 Å². The summed E-state index contributed by atoms with van der Waals surface area (Å²) in [4.78, 5) is 0. The monoisotopic (exact) mass is 168 g/mol. The molecule has 0 fully saturated rings. The minimum Gasteiger partial charge on any atom is -0.357 e. The predicted octanol–water partition coefficient (Wildman–Crippen LogP) is 2.00. The summed E-state index contributed by atoms with van der Waals surface area (Å²) < 4.78 is 7.24. The molecule has 12 heavy (non-hydrogen) atoms. The number of rotatable bonds is 4. The minimum absolute atomic E-state index is 0.0512. The van der Waals surface area contributed by atoms with Gasteiger partial charge < -0.3 is 4.74 Å². The average molecular weight is 168 g/mol. The Hall–Kier alpha value is -0.830. The standard InChI is InChI=1S/C9H16N2O/c1-4-9-6-10-11(7-9)8(3)12-5-2/h6-8H,4-5H2,1-3H3. The van der Waals surface area contributed by atoms with E-state index in [-0.39, 0.29) is 6.23 Å². The van der Waals surface area contributed by atoms with Crippen molar-refractivity contribution in [2.75, 3.05) is 6.61 Å². The lowest BCUT2D eigenvalue weighted by molar-refractivity contribution is 0.0159. The Kier molecular flexibility index (Phi) is 3.29. The molecule has 3 nitrogen and oxygen atoms in total. The Morgan fingerprint density at radius 3 is 2.83 bits per heavy atom. The van der Waals surface area contributed by atoms with Crippen LogP contribution in [-0.4, -0.2) is 16.4 Å². The quantitative estimate of drug-likeness (QED) is 0.687. The summed E-state index contributed by atoms with van der Waals surface area (Å²) in [7, 11) is 0. The third kappa shape index (κ3) is 2.08. The van der Waals surface area contributed by atoms with Crippen molar-refractivity contribution in [3.05, 3.63) is 18.0 Å². The SMILES string of the molecule is CCOC(C)n1cc(CC)cn1. The first-order valence-corrected chi connectivity index (χ1v) is 4.42. The van der Waals surface area contributed by atoms with Crippen molar-refractivity contribution in [2.45, 2.75) is 33.4 Å². The van der Waals surface area contributed by atoms with Gasteiger partial charge in [-0.2, -0.15) is 5.10 Å². The molecule has 0 aromatic carbocycles. The number of nitrogens with zero attached hydrogens (tertiary/aromatic N) is 2. The van der Waals surface area contributed by atoms with Gasteiger partial charge in [-0.1, -0.05) is 6.92 Å². The van der Waals surface area contributed by atoms with Crippen LogP contribution in [-0.2, 0) is 11.2 Å². The van der Waals surface area contributed by atoms with Gasteiger partial charge in [-0.3, -0.25) is 0 Å². The van der Waals surface area contributed by atoms with Crippen LogP contribution in [0, 0.1) is 0 Å². The molecule has 0 aliphatic heterocycles. The van der Waals surface area contributed by atoms with Crippen LogP contribution in [0.2, 0.25) is 0 Å². The van der Waals surface area contributed by atoms with Crippen molar-refractivity contribution in [3.63, 3.8) is 0 Å². The second-order valence-electron chi connectivity index (χ2n) is 2.74. The van der Waals surface area contributed by atoms with Crippen molar-refractivity contribution in [3.8, 4) is 0 Å². The largest absolute Gasteiger partial charge is 0.357 e. The lowest BCUT2D eigenvalue weighted by atomic mass is 10.3. The van der Waals surface area contributed by atoms with Gasteiger partial charge in [-0.15, -0.1) is 0 Å². The fraction of sp³-hybridized carbons (Fsp3) is 0.667. The van der Waals surface area contributed by atoms with Crippen LogP contribution in [0.3, 0.4) is 0 Å². The highest BCUT2D eigenvalue weighted by atomic mass is 16.5. The zero-order valence-corrected chi connectivity index (χ0v) is 7.95. The second-order valence-corrected chi connectivity index (χ2v) is 2.74. The molecule has 1 aromatic heterocycles. The summed E-state index contributed by atoms with van der Waals surface area (Å²) in [6, 6.07) is 0. The highest BCUT2D eigenvalue weighted by Crippen LogP contribution is 2.07. The lowest BCUT2D eigenvalue weighted by Crippen LogP contribution is -2.09. The molecule has 0 aliphatic rings. The molecule has 68 valence electrons. The molecule has 1 rings (SSSR count). The van der Waals surface area contributed by atoms with Crippen LogP contribution in [0.15, 0.2) is 12.4 Å². The Labute approximate surface area is 73.3 Å². The Morgan fingerprint density at radius 1 is 1.58 bits per heavy atom. The van der Waals surface area contributed by atoms with E-state index in [0.29, 0.717) is 0 Å². The topological polar surface area (TPSA) is 27.1 Å². The van der Waals surface area contributed by atoms with Crippen LogP contribution in [0.1, 0.15) is 32.6 Å². The molecule has 0 N–H and O–H groups in total. The van der Waals surface area contributed by atoms with Gasteiger partial charge in [0.2, 0.25) is 0 Å². The summed E-state index contributed by atoms with van der Waals surface area (Å²) in [5.74, 6) is 0. The van der Waals surface area contributed by atoms with Crippen LogP contribution in [0.4, 0.5) is 0 Å². The van der Waals surface area contributed by atoms with Crippen molar-refractivity contribution in [1.82, 2.24) is 9.78 Å². The molecule has 1 unspecified atom stereocenters. The van der Waals surface area contributed by atoms with Crippen LogP contribution < -0.4 is 0 Å². The fourth-order valence-electron chi connectivity index (χ4n) is 1.08. The molecule has 3 heteroatoms. The second kappa shape index (κ2) is 4.26. The zero-order valence-electron chi connectivity index (χ0n) is 7.95. The molecule has 1 heterocycles. The smallest absolute Gasteiger partial charge is 0.147 e. The lowest BCUT2D eigenvalue weighted by Gasteiger charge is -2.10. The van der Waals surface area contributed by atoms with Crippen LogP contribution in [0.25, 0.3) is 0 Å². The molecule has 0 aliphatic carbocycles. The first kappa shape index (κ1) is 9.26. The number of hydrogen-bond acceptors (Lipinski definition) is 2. The highest BCUT2D eigenvalue weighted by molar-refractivity contribution is 5.03. The zero-order chi connectivity index (χ0) is 8.97. The van der Waals surface area contributed by atoms with E-state index in [2.05, 4.69) is 12.0 Å². The maximum Gasteiger partial charge on any atom is 0.147 e. The number of aryl methyl sites for hydroxylation is 1. The average Bonchev–Trinajstić information content (AvgIpc) is 2.52. The summed E-state index contributed by atoms with van der Waals surface area (Å²) in [5, 5.41) is 4.20. The van der Waals surface area contributed by atoms with Crippen LogP contribution >= 0.6 is 0 Å². The molecule has 0 amide bonds. The number of hydrogen-bond donors (Lipinski definition) is 0. The normalized spacial score (nSPS) is 13.2. The van der Waals surface area contributed by atoms with E-state index in [1.165, 1.54) is 5.56 Å². The summed E-state index contributed by atoms with van der Waals surface area (Å²) in [5.41, 5.74) is 1.25. The Morgan fingerprint density at radius 2 is 2.33 bits per heavy atom. The van der Waals surface area contributed by atoms with Crippen molar-refractivity contribution in [1.29, 1.82) is 0 Å². The van der Waals surface area contributed by atoms with Gasteiger partial charge in [0, 0.05) is 12.8 Å². The third-order valence-corrected chi connectivity index (χ3v) is 1.84. The molecule has 1 atom stereocenters. The molecule has 0 saturated heterocycles. The van der Waals surface area contributed by atoms with E-state index in [1.807, 2.05) is 30.9 Å². The third-order valence-electron chi connectivity index (χ3n) is 1.84. The van der Waals surface area contributed by atoms with E-state index in [1.54, 1.807) is 0 Å². The van der Waals surface area contributed by atoms with Gasteiger partial charge in [0.25, 0.3) is 0 Å². The van der Waals surface area contributed by atoms with Crippen LogP contribution in [0.5, 0.6) is 0 Å². The van der Waals surface area contributed by atoms with E-state index in [0.717, 1.165) is 13.0 Å². The molecule has 0 bridgehead atoms. The van der Waals surface area contributed by atoms with Gasteiger partial charge in [-0.05, 0) is 25.8 Å².